The van der Waals surface area contributed by atoms with Crippen LogP contribution in [0, 0.1) is 6.92 Å². The number of rotatable bonds is 8. The fourth-order valence-corrected chi connectivity index (χ4v) is 2.65. The average molecular weight is 356 g/mol. The van der Waals surface area contributed by atoms with Gasteiger partial charge in [-0.1, -0.05) is 23.8 Å². The molecule has 0 spiro atoms. The molecule has 0 aliphatic heterocycles. The minimum absolute atomic E-state index is 0.500. The van der Waals surface area contributed by atoms with Crippen molar-refractivity contribution in [2.45, 2.75) is 26.8 Å². The van der Waals surface area contributed by atoms with E-state index in [4.69, 9.17) is 9.47 Å². The van der Waals surface area contributed by atoms with E-state index in [0.717, 1.165) is 36.8 Å². The molecule has 0 amide bonds. The number of methoxy groups -OCH3 is 2. The maximum atomic E-state index is 5.44. The van der Waals surface area contributed by atoms with Crippen LogP contribution in [0.25, 0.3) is 0 Å². The predicted octanol–water partition coefficient (Wildman–Crippen LogP) is 2.71. The second-order valence-corrected chi connectivity index (χ2v) is 5.86. The Morgan fingerprint density at radius 1 is 1.12 bits per heavy atom. The van der Waals surface area contributed by atoms with E-state index < -0.39 is 0 Å². The van der Waals surface area contributed by atoms with Crippen LogP contribution in [0.4, 0.5) is 0 Å². The zero-order chi connectivity index (χ0) is 18.8. The summed E-state index contributed by atoms with van der Waals surface area (Å²) in [5.41, 5.74) is 3.36. The molecule has 0 saturated carbocycles. The van der Waals surface area contributed by atoms with Crippen molar-refractivity contribution in [3.63, 3.8) is 0 Å². The molecule has 6 heteroatoms. The van der Waals surface area contributed by atoms with Crippen LogP contribution >= 0.6 is 0 Å². The van der Waals surface area contributed by atoms with Gasteiger partial charge in [0, 0.05) is 24.8 Å². The van der Waals surface area contributed by atoms with Gasteiger partial charge >= 0.3 is 0 Å². The molecule has 0 aliphatic carbocycles. The van der Waals surface area contributed by atoms with Crippen molar-refractivity contribution in [1.29, 1.82) is 0 Å². The number of hydrogen-bond donors (Lipinski definition) is 2. The van der Waals surface area contributed by atoms with Crippen molar-refractivity contribution in [3.05, 3.63) is 53.2 Å². The van der Waals surface area contributed by atoms with Crippen molar-refractivity contribution >= 4 is 5.96 Å². The summed E-state index contributed by atoms with van der Waals surface area (Å²) in [6.07, 6.45) is 2.57. The standard InChI is InChI=1S/C20H28N4O2/c1-5-21-20(24-14-17-7-6-11-22-19(17)26-4)23-12-10-16-13-15(2)8-9-18(16)25-3/h6-9,11,13H,5,10,12,14H2,1-4H3,(H2,21,23,24). The molecule has 1 heterocycles. The van der Waals surface area contributed by atoms with Crippen molar-refractivity contribution in [2.24, 2.45) is 4.99 Å². The molecule has 0 fully saturated rings. The highest BCUT2D eigenvalue weighted by atomic mass is 16.5. The average Bonchev–Trinajstić information content (AvgIpc) is 2.66. The van der Waals surface area contributed by atoms with Gasteiger partial charge in [-0.2, -0.15) is 0 Å². The fourth-order valence-electron chi connectivity index (χ4n) is 2.65. The van der Waals surface area contributed by atoms with Crippen LogP contribution in [0.1, 0.15) is 23.6 Å². The Bertz CT molecular complexity index is 732. The first-order chi connectivity index (χ1) is 12.7. The zero-order valence-electron chi connectivity index (χ0n) is 16.0. The third-order valence-corrected chi connectivity index (χ3v) is 3.92. The molecule has 6 nitrogen and oxygen atoms in total. The Balaban J connectivity index is 1.98. The summed E-state index contributed by atoms with van der Waals surface area (Å²) in [6.45, 7) is 6.19. The van der Waals surface area contributed by atoms with Gasteiger partial charge in [-0.25, -0.2) is 9.98 Å². The Morgan fingerprint density at radius 3 is 2.69 bits per heavy atom. The molecule has 2 N–H and O–H groups in total. The van der Waals surface area contributed by atoms with E-state index in [1.165, 1.54) is 11.1 Å². The van der Waals surface area contributed by atoms with E-state index in [1.807, 2.05) is 25.1 Å². The number of nitrogens with zero attached hydrogens (tertiary/aromatic N) is 2. The second kappa shape index (κ2) is 10.3. The highest BCUT2D eigenvalue weighted by molar-refractivity contribution is 5.79. The van der Waals surface area contributed by atoms with Crippen LogP contribution in [0.2, 0.25) is 0 Å². The van der Waals surface area contributed by atoms with E-state index >= 15 is 0 Å². The summed E-state index contributed by atoms with van der Waals surface area (Å²) in [5.74, 6) is 2.29. The first-order valence-electron chi connectivity index (χ1n) is 8.81. The van der Waals surface area contributed by atoms with Gasteiger partial charge in [0.25, 0.3) is 0 Å². The molecule has 0 bridgehead atoms. The molecule has 0 atom stereocenters. The number of pyridine rings is 1. The number of aliphatic imine (C=N–C) groups is 1. The molecule has 2 aromatic rings. The molecule has 0 saturated heterocycles. The zero-order valence-corrected chi connectivity index (χ0v) is 16.0. The number of nitrogens with one attached hydrogen (secondary N) is 2. The topological polar surface area (TPSA) is 67.8 Å². The molecule has 2 rings (SSSR count). The number of hydrogen-bond acceptors (Lipinski definition) is 4. The quantitative estimate of drug-likeness (QED) is 0.562. The number of guanidine groups is 1. The highest BCUT2D eigenvalue weighted by Gasteiger charge is 2.06. The molecule has 140 valence electrons. The second-order valence-electron chi connectivity index (χ2n) is 5.86. The van der Waals surface area contributed by atoms with Gasteiger partial charge in [0.05, 0.1) is 20.8 Å². The van der Waals surface area contributed by atoms with Gasteiger partial charge in [-0.05, 0) is 38.0 Å². The lowest BCUT2D eigenvalue weighted by molar-refractivity contribution is 0.392. The Hall–Kier alpha value is -2.76. The lowest BCUT2D eigenvalue weighted by Crippen LogP contribution is -2.38. The Morgan fingerprint density at radius 2 is 1.96 bits per heavy atom. The molecule has 26 heavy (non-hydrogen) atoms. The van der Waals surface area contributed by atoms with Gasteiger partial charge < -0.3 is 20.1 Å². The molecular weight excluding hydrogens is 328 g/mol. The van der Waals surface area contributed by atoms with Gasteiger partial charge in [0.2, 0.25) is 5.88 Å². The SMILES string of the molecule is CCNC(=NCc1cccnc1OC)NCCc1cc(C)ccc1OC. The van der Waals surface area contributed by atoms with Gasteiger partial charge in [-0.15, -0.1) is 0 Å². The monoisotopic (exact) mass is 356 g/mol. The van der Waals surface area contributed by atoms with Crippen LogP contribution in [0.5, 0.6) is 11.6 Å². The maximum Gasteiger partial charge on any atom is 0.218 e. The minimum Gasteiger partial charge on any atom is -0.496 e. The van der Waals surface area contributed by atoms with Crippen LogP contribution in [-0.4, -0.2) is 38.3 Å². The summed E-state index contributed by atoms with van der Waals surface area (Å²) in [4.78, 5) is 8.83. The fraction of sp³-hybridized carbons (Fsp3) is 0.400. The highest BCUT2D eigenvalue weighted by Crippen LogP contribution is 2.19. The normalized spacial score (nSPS) is 11.2. The molecule has 0 radical (unpaired) electrons. The Kier molecular flexibility index (Phi) is 7.74. The van der Waals surface area contributed by atoms with E-state index in [1.54, 1.807) is 20.4 Å². The van der Waals surface area contributed by atoms with Crippen molar-refractivity contribution < 1.29 is 9.47 Å². The van der Waals surface area contributed by atoms with Crippen LogP contribution in [0.3, 0.4) is 0 Å². The van der Waals surface area contributed by atoms with E-state index in [9.17, 15) is 0 Å². The summed E-state index contributed by atoms with van der Waals surface area (Å²) in [7, 11) is 3.32. The number of aryl methyl sites for hydroxylation is 1. The third-order valence-electron chi connectivity index (χ3n) is 3.92. The van der Waals surface area contributed by atoms with Crippen molar-refractivity contribution in [2.75, 3.05) is 27.3 Å². The molecule has 1 aromatic heterocycles. The molecule has 0 unspecified atom stereocenters. The third kappa shape index (κ3) is 5.65. The predicted molar refractivity (Wildman–Crippen MR) is 105 cm³/mol. The van der Waals surface area contributed by atoms with Gasteiger partial charge in [0.1, 0.15) is 5.75 Å². The number of aromatic nitrogens is 1. The summed E-state index contributed by atoms with van der Waals surface area (Å²) < 4.78 is 10.7. The number of benzene rings is 1. The minimum atomic E-state index is 0.500. The summed E-state index contributed by atoms with van der Waals surface area (Å²) in [6, 6.07) is 10.1. The van der Waals surface area contributed by atoms with Crippen LogP contribution < -0.4 is 20.1 Å². The first-order valence-corrected chi connectivity index (χ1v) is 8.81. The van der Waals surface area contributed by atoms with Crippen molar-refractivity contribution in [1.82, 2.24) is 15.6 Å². The van der Waals surface area contributed by atoms with Crippen LogP contribution in [-0.2, 0) is 13.0 Å². The molecule has 1 aromatic carbocycles. The van der Waals surface area contributed by atoms with Crippen molar-refractivity contribution in [3.8, 4) is 11.6 Å². The summed E-state index contributed by atoms with van der Waals surface area (Å²) in [5, 5.41) is 6.63. The lowest BCUT2D eigenvalue weighted by Gasteiger charge is -2.13. The maximum absolute atomic E-state index is 5.44. The van der Waals surface area contributed by atoms with E-state index in [-0.39, 0.29) is 0 Å². The summed E-state index contributed by atoms with van der Waals surface area (Å²) >= 11 is 0. The van der Waals surface area contributed by atoms with Crippen LogP contribution in [0.15, 0.2) is 41.5 Å². The van der Waals surface area contributed by atoms with Gasteiger partial charge in [-0.3, -0.25) is 0 Å². The largest absolute Gasteiger partial charge is 0.496 e. The smallest absolute Gasteiger partial charge is 0.218 e. The lowest BCUT2D eigenvalue weighted by atomic mass is 10.1. The number of ether oxygens (including phenoxy) is 2. The molecule has 0 aliphatic rings. The first kappa shape index (κ1) is 19.6. The Labute approximate surface area is 155 Å². The van der Waals surface area contributed by atoms with E-state index in [2.05, 4.69) is 39.7 Å². The van der Waals surface area contributed by atoms with E-state index in [0.29, 0.717) is 12.4 Å². The van der Waals surface area contributed by atoms with Gasteiger partial charge in [0.15, 0.2) is 5.96 Å². The molecular formula is C20H28N4O2.